The van der Waals surface area contributed by atoms with Gasteiger partial charge in [-0.15, -0.1) is 0 Å². The van der Waals surface area contributed by atoms with Crippen LogP contribution in [0, 0.1) is 0 Å². The molecular formula is C29H22BrClN2O5. The Morgan fingerprint density at radius 2 is 1.66 bits per heavy atom. The van der Waals surface area contributed by atoms with Crippen molar-refractivity contribution in [2.75, 3.05) is 7.11 Å². The van der Waals surface area contributed by atoms with Crippen molar-refractivity contribution in [3.8, 4) is 17.2 Å². The minimum atomic E-state index is -0.548. The summed E-state index contributed by atoms with van der Waals surface area (Å²) in [5.41, 5.74) is 4.79. The summed E-state index contributed by atoms with van der Waals surface area (Å²) in [7, 11) is 1.46. The molecule has 38 heavy (non-hydrogen) atoms. The highest BCUT2D eigenvalue weighted by Crippen LogP contribution is 2.29. The van der Waals surface area contributed by atoms with Gasteiger partial charge in [-0.1, -0.05) is 57.9 Å². The first-order chi connectivity index (χ1) is 18.4. The molecule has 0 fully saturated rings. The largest absolute Gasteiger partial charge is 0.493 e. The van der Waals surface area contributed by atoms with Crippen LogP contribution in [0.2, 0.25) is 5.02 Å². The normalized spacial score (nSPS) is 10.7. The number of amides is 1. The fraction of sp³-hybridized carbons (Fsp3) is 0.0690. The second kappa shape index (κ2) is 12.9. The minimum Gasteiger partial charge on any atom is -0.493 e. The number of nitrogens with one attached hydrogen (secondary N) is 1. The molecule has 1 N–H and O–H groups in total. The SMILES string of the molecule is COc1cc(C=NNC(=O)c2cc(Br)ccc2OCc2ccccc2)ccc1OC(=O)c1ccc(Cl)cc1. The number of methoxy groups -OCH3 is 1. The van der Waals surface area contributed by atoms with Gasteiger partial charge in [0.05, 0.1) is 24.5 Å². The van der Waals surface area contributed by atoms with Crippen LogP contribution >= 0.6 is 27.5 Å². The van der Waals surface area contributed by atoms with Crippen LogP contribution in [0.1, 0.15) is 31.8 Å². The molecule has 0 saturated heterocycles. The van der Waals surface area contributed by atoms with Gasteiger partial charge in [-0.05, 0) is 71.8 Å². The fourth-order valence-corrected chi connectivity index (χ4v) is 3.85. The molecule has 0 aliphatic carbocycles. The van der Waals surface area contributed by atoms with Gasteiger partial charge in [0.25, 0.3) is 5.91 Å². The molecule has 0 heterocycles. The summed E-state index contributed by atoms with van der Waals surface area (Å²) in [5.74, 6) is 0.00600. The number of benzene rings is 4. The molecule has 4 aromatic rings. The summed E-state index contributed by atoms with van der Waals surface area (Å²) < 4.78 is 17.4. The van der Waals surface area contributed by atoms with E-state index in [0.29, 0.717) is 39.8 Å². The lowest BCUT2D eigenvalue weighted by Crippen LogP contribution is -2.19. The van der Waals surface area contributed by atoms with E-state index in [4.69, 9.17) is 25.8 Å². The number of hydrogen-bond donors (Lipinski definition) is 1. The van der Waals surface area contributed by atoms with Gasteiger partial charge in [-0.2, -0.15) is 5.10 Å². The van der Waals surface area contributed by atoms with E-state index in [9.17, 15) is 9.59 Å². The number of carbonyl (C=O) groups excluding carboxylic acids is 2. The Kier molecular flexibility index (Phi) is 9.13. The first kappa shape index (κ1) is 26.9. The maximum atomic E-state index is 12.9. The molecule has 0 spiro atoms. The number of halogens is 2. The van der Waals surface area contributed by atoms with Crippen molar-refractivity contribution in [2.45, 2.75) is 6.61 Å². The number of hydrogen-bond acceptors (Lipinski definition) is 6. The third-order valence-corrected chi connectivity index (χ3v) is 6.02. The Labute approximate surface area is 233 Å². The highest BCUT2D eigenvalue weighted by molar-refractivity contribution is 9.10. The fourth-order valence-electron chi connectivity index (χ4n) is 3.36. The molecule has 0 unspecified atom stereocenters. The molecule has 7 nitrogen and oxygen atoms in total. The van der Waals surface area contributed by atoms with Crippen LogP contribution in [0.5, 0.6) is 17.2 Å². The van der Waals surface area contributed by atoms with E-state index >= 15 is 0 Å². The molecule has 0 bridgehead atoms. The molecule has 0 aromatic heterocycles. The predicted octanol–water partition coefficient (Wildman–Crippen LogP) is 6.67. The zero-order valence-electron chi connectivity index (χ0n) is 20.2. The topological polar surface area (TPSA) is 86.2 Å². The van der Waals surface area contributed by atoms with Crippen molar-refractivity contribution in [3.05, 3.63) is 123 Å². The predicted molar refractivity (Wildman–Crippen MR) is 149 cm³/mol. The van der Waals surface area contributed by atoms with Crippen molar-refractivity contribution in [1.29, 1.82) is 0 Å². The Bertz CT molecular complexity index is 1460. The summed E-state index contributed by atoms with van der Waals surface area (Å²) in [6.07, 6.45) is 1.45. The maximum absolute atomic E-state index is 12.9. The van der Waals surface area contributed by atoms with Gasteiger partial charge in [0, 0.05) is 9.50 Å². The summed E-state index contributed by atoms with van der Waals surface area (Å²) in [5, 5.41) is 4.58. The van der Waals surface area contributed by atoms with Crippen LogP contribution < -0.4 is 19.6 Å². The second-order valence-electron chi connectivity index (χ2n) is 7.92. The Morgan fingerprint density at radius 3 is 2.39 bits per heavy atom. The highest BCUT2D eigenvalue weighted by Gasteiger charge is 2.15. The van der Waals surface area contributed by atoms with E-state index in [1.165, 1.54) is 13.3 Å². The van der Waals surface area contributed by atoms with Crippen LogP contribution in [0.25, 0.3) is 0 Å². The number of nitrogens with zero attached hydrogens (tertiary/aromatic N) is 1. The molecule has 0 saturated carbocycles. The van der Waals surface area contributed by atoms with Gasteiger partial charge in [0.1, 0.15) is 12.4 Å². The van der Waals surface area contributed by atoms with Crippen LogP contribution in [0.4, 0.5) is 0 Å². The van der Waals surface area contributed by atoms with E-state index in [1.54, 1.807) is 60.7 Å². The molecule has 4 aromatic carbocycles. The van der Waals surface area contributed by atoms with E-state index in [2.05, 4.69) is 26.5 Å². The monoisotopic (exact) mass is 592 g/mol. The van der Waals surface area contributed by atoms with Gasteiger partial charge < -0.3 is 14.2 Å². The molecular weight excluding hydrogens is 572 g/mol. The van der Waals surface area contributed by atoms with Crippen molar-refractivity contribution in [1.82, 2.24) is 5.43 Å². The summed E-state index contributed by atoms with van der Waals surface area (Å²) in [6, 6.07) is 26.1. The van der Waals surface area contributed by atoms with Crippen molar-refractivity contribution < 1.29 is 23.8 Å². The zero-order chi connectivity index (χ0) is 26.9. The zero-order valence-corrected chi connectivity index (χ0v) is 22.5. The smallest absolute Gasteiger partial charge is 0.343 e. The average Bonchev–Trinajstić information content (AvgIpc) is 2.93. The van der Waals surface area contributed by atoms with Crippen molar-refractivity contribution in [3.63, 3.8) is 0 Å². The standard InChI is InChI=1S/C29H22BrClN2O5/c1-36-27-15-20(7-13-26(27)38-29(35)21-8-11-23(31)12-9-21)17-32-33-28(34)24-16-22(30)10-14-25(24)37-18-19-5-3-2-4-6-19/h2-17H,18H2,1H3,(H,33,34). The summed E-state index contributed by atoms with van der Waals surface area (Å²) in [6.45, 7) is 0.320. The third-order valence-electron chi connectivity index (χ3n) is 5.27. The quantitative estimate of drug-likeness (QED) is 0.101. The number of hydrazone groups is 1. The number of rotatable bonds is 9. The number of ether oxygens (including phenoxy) is 3. The highest BCUT2D eigenvalue weighted by atomic mass is 79.9. The molecule has 4 rings (SSSR count). The van der Waals surface area contributed by atoms with Crippen molar-refractivity contribution in [2.24, 2.45) is 5.10 Å². The molecule has 1 amide bonds. The maximum Gasteiger partial charge on any atom is 0.343 e. The van der Waals surface area contributed by atoms with Crippen LogP contribution in [-0.2, 0) is 6.61 Å². The average molecular weight is 594 g/mol. The van der Waals surface area contributed by atoms with E-state index in [0.717, 1.165) is 10.0 Å². The first-order valence-electron chi connectivity index (χ1n) is 11.4. The third kappa shape index (κ3) is 7.21. The molecule has 0 atom stereocenters. The van der Waals surface area contributed by atoms with Gasteiger partial charge in [-0.25, -0.2) is 10.2 Å². The van der Waals surface area contributed by atoms with Gasteiger partial charge in [0.15, 0.2) is 11.5 Å². The Hall–Kier alpha value is -4.14. The Morgan fingerprint density at radius 1 is 0.921 bits per heavy atom. The summed E-state index contributed by atoms with van der Waals surface area (Å²) >= 11 is 9.26. The van der Waals surface area contributed by atoms with Crippen LogP contribution in [-0.4, -0.2) is 25.2 Å². The molecule has 9 heteroatoms. The van der Waals surface area contributed by atoms with Crippen LogP contribution in [0.15, 0.2) is 101 Å². The molecule has 0 aliphatic heterocycles. The second-order valence-corrected chi connectivity index (χ2v) is 9.27. The van der Waals surface area contributed by atoms with E-state index in [1.807, 2.05) is 30.3 Å². The Balaban J connectivity index is 1.41. The lowest BCUT2D eigenvalue weighted by molar-refractivity contribution is 0.0729. The summed E-state index contributed by atoms with van der Waals surface area (Å²) in [4.78, 5) is 25.3. The van der Waals surface area contributed by atoms with Gasteiger partial charge >= 0.3 is 5.97 Å². The van der Waals surface area contributed by atoms with E-state index in [-0.39, 0.29) is 5.75 Å². The van der Waals surface area contributed by atoms with Gasteiger partial charge in [0.2, 0.25) is 0 Å². The first-order valence-corrected chi connectivity index (χ1v) is 12.6. The lowest BCUT2D eigenvalue weighted by atomic mass is 10.2. The molecule has 0 radical (unpaired) electrons. The van der Waals surface area contributed by atoms with Crippen molar-refractivity contribution >= 4 is 45.6 Å². The van der Waals surface area contributed by atoms with E-state index < -0.39 is 11.9 Å². The molecule has 192 valence electrons. The van der Waals surface area contributed by atoms with Gasteiger partial charge in [-0.3, -0.25) is 4.79 Å². The number of carbonyl (C=O) groups is 2. The molecule has 0 aliphatic rings. The van der Waals surface area contributed by atoms with Crippen LogP contribution in [0.3, 0.4) is 0 Å². The number of esters is 1. The lowest BCUT2D eigenvalue weighted by Gasteiger charge is -2.11. The minimum absolute atomic E-state index is 0.239.